The van der Waals surface area contributed by atoms with Gasteiger partial charge in [0.1, 0.15) is 17.3 Å². The highest BCUT2D eigenvalue weighted by atomic mass is 19.1. The molecule has 1 aromatic heterocycles. The molecule has 0 saturated carbocycles. The number of amides is 1. The second-order valence-corrected chi connectivity index (χ2v) is 5.33. The minimum atomic E-state index is -0.310. The monoisotopic (exact) mass is 309 g/mol. The molecule has 4 nitrogen and oxygen atoms in total. The van der Waals surface area contributed by atoms with Gasteiger partial charge in [-0.15, -0.1) is 0 Å². The molecule has 1 amide bonds. The van der Waals surface area contributed by atoms with Crippen LogP contribution in [0.25, 0.3) is 11.3 Å². The van der Waals surface area contributed by atoms with Crippen LogP contribution in [0.5, 0.6) is 0 Å². The SMILES string of the molecule is Cc1ccccc1C(=O)Nc1c(-c2ccc(F)cc2)ncn1C. The van der Waals surface area contributed by atoms with E-state index in [1.807, 2.05) is 25.1 Å². The van der Waals surface area contributed by atoms with Crippen molar-refractivity contribution in [3.8, 4) is 11.3 Å². The number of anilines is 1. The quantitative estimate of drug-likeness (QED) is 0.800. The van der Waals surface area contributed by atoms with Gasteiger partial charge in [0.15, 0.2) is 0 Å². The number of aromatic nitrogens is 2. The molecule has 23 heavy (non-hydrogen) atoms. The van der Waals surface area contributed by atoms with Gasteiger partial charge in [0.2, 0.25) is 0 Å². The summed E-state index contributed by atoms with van der Waals surface area (Å²) in [5.74, 6) is 0.0649. The van der Waals surface area contributed by atoms with Crippen LogP contribution < -0.4 is 5.32 Å². The molecule has 0 bridgehead atoms. The van der Waals surface area contributed by atoms with Gasteiger partial charge >= 0.3 is 0 Å². The molecule has 0 radical (unpaired) electrons. The molecule has 0 spiro atoms. The van der Waals surface area contributed by atoms with E-state index in [4.69, 9.17) is 0 Å². The maximum atomic E-state index is 13.1. The predicted molar refractivity (Wildman–Crippen MR) is 87.7 cm³/mol. The second kappa shape index (κ2) is 6.04. The molecule has 0 saturated heterocycles. The van der Waals surface area contributed by atoms with E-state index in [1.54, 1.807) is 36.1 Å². The van der Waals surface area contributed by atoms with Crippen LogP contribution in [0.2, 0.25) is 0 Å². The van der Waals surface area contributed by atoms with Crippen molar-refractivity contribution in [2.24, 2.45) is 7.05 Å². The first-order valence-electron chi connectivity index (χ1n) is 7.20. The first-order valence-corrected chi connectivity index (χ1v) is 7.20. The third-order valence-electron chi connectivity index (χ3n) is 3.68. The van der Waals surface area contributed by atoms with Crippen LogP contribution in [-0.4, -0.2) is 15.5 Å². The number of aryl methyl sites for hydroxylation is 2. The van der Waals surface area contributed by atoms with Crippen molar-refractivity contribution in [3.05, 3.63) is 71.8 Å². The molecule has 0 unspecified atom stereocenters. The minimum Gasteiger partial charge on any atom is -0.320 e. The molecule has 0 aliphatic carbocycles. The van der Waals surface area contributed by atoms with E-state index in [1.165, 1.54) is 12.1 Å². The summed E-state index contributed by atoms with van der Waals surface area (Å²) in [6, 6.07) is 13.4. The topological polar surface area (TPSA) is 46.9 Å². The minimum absolute atomic E-state index is 0.199. The number of hydrogen-bond acceptors (Lipinski definition) is 2. The van der Waals surface area contributed by atoms with Crippen LogP contribution in [0.3, 0.4) is 0 Å². The summed E-state index contributed by atoms with van der Waals surface area (Å²) < 4.78 is 14.8. The number of halogens is 1. The Morgan fingerprint density at radius 3 is 2.52 bits per heavy atom. The van der Waals surface area contributed by atoms with Crippen molar-refractivity contribution < 1.29 is 9.18 Å². The number of hydrogen-bond donors (Lipinski definition) is 1. The number of rotatable bonds is 3. The Hall–Kier alpha value is -2.95. The lowest BCUT2D eigenvalue weighted by atomic mass is 10.1. The van der Waals surface area contributed by atoms with Gasteiger partial charge in [-0.1, -0.05) is 18.2 Å². The van der Waals surface area contributed by atoms with Gasteiger partial charge in [0.05, 0.1) is 6.33 Å². The predicted octanol–water partition coefficient (Wildman–Crippen LogP) is 3.79. The first kappa shape index (κ1) is 15.0. The smallest absolute Gasteiger partial charge is 0.257 e. The Kier molecular flexibility index (Phi) is 3.93. The third-order valence-corrected chi connectivity index (χ3v) is 3.68. The van der Waals surface area contributed by atoms with Crippen molar-refractivity contribution in [1.82, 2.24) is 9.55 Å². The molecule has 3 aromatic rings. The lowest BCUT2D eigenvalue weighted by Crippen LogP contribution is -2.15. The molecular weight excluding hydrogens is 293 g/mol. The Labute approximate surface area is 133 Å². The lowest BCUT2D eigenvalue weighted by molar-refractivity contribution is 0.102. The lowest BCUT2D eigenvalue weighted by Gasteiger charge is -2.10. The van der Waals surface area contributed by atoms with Crippen molar-refractivity contribution in [2.45, 2.75) is 6.92 Å². The van der Waals surface area contributed by atoms with E-state index in [2.05, 4.69) is 10.3 Å². The van der Waals surface area contributed by atoms with Crippen LogP contribution in [0.15, 0.2) is 54.9 Å². The molecule has 116 valence electrons. The van der Waals surface area contributed by atoms with Gasteiger partial charge in [0, 0.05) is 18.2 Å². The third kappa shape index (κ3) is 2.99. The Bertz CT molecular complexity index is 853. The van der Waals surface area contributed by atoms with Crippen molar-refractivity contribution >= 4 is 11.7 Å². The summed E-state index contributed by atoms with van der Waals surface area (Å²) in [4.78, 5) is 16.8. The van der Waals surface area contributed by atoms with Crippen molar-refractivity contribution in [2.75, 3.05) is 5.32 Å². The molecule has 5 heteroatoms. The average Bonchev–Trinajstić information content (AvgIpc) is 2.89. The fraction of sp³-hybridized carbons (Fsp3) is 0.111. The van der Waals surface area contributed by atoms with E-state index >= 15 is 0 Å². The summed E-state index contributed by atoms with van der Waals surface area (Å²) >= 11 is 0. The summed E-state index contributed by atoms with van der Waals surface area (Å²) in [6.07, 6.45) is 1.62. The maximum absolute atomic E-state index is 13.1. The van der Waals surface area contributed by atoms with Gasteiger partial charge in [-0.05, 0) is 42.8 Å². The molecule has 0 aliphatic heterocycles. The van der Waals surface area contributed by atoms with Gasteiger partial charge in [0.25, 0.3) is 5.91 Å². The first-order chi connectivity index (χ1) is 11.1. The fourth-order valence-electron chi connectivity index (χ4n) is 2.40. The zero-order valence-electron chi connectivity index (χ0n) is 12.9. The molecule has 0 aliphatic rings. The zero-order valence-corrected chi connectivity index (χ0v) is 12.9. The summed E-state index contributed by atoms with van der Waals surface area (Å²) in [6.45, 7) is 1.89. The standard InChI is InChI=1S/C18H16FN3O/c1-12-5-3-4-6-15(12)18(23)21-17-16(20-11-22(17)2)13-7-9-14(19)10-8-13/h3-11H,1-2H3,(H,21,23). The fourth-order valence-corrected chi connectivity index (χ4v) is 2.40. The van der Waals surface area contributed by atoms with Crippen LogP contribution in [-0.2, 0) is 7.05 Å². The number of benzene rings is 2. The molecule has 0 atom stereocenters. The molecular formula is C18H16FN3O. The van der Waals surface area contributed by atoms with Crippen LogP contribution >= 0.6 is 0 Å². The van der Waals surface area contributed by atoms with Gasteiger partial charge in [-0.2, -0.15) is 0 Å². The summed E-state index contributed by atoms with van der Waals surface area (Å²) in [7, 11) is 1.80. The van der Waals surface area contributed by atoms with E-state index in [0.717, 1.165) is 11.1 Å². The molecule has 2 aromatic carbocycles. The van der Waals surface area contributed by atoms with E-state index in [0.29, 0.717) is 17.1 Å². The van der Waals surface area contributed by atoms with Gasteiger partial charge < -0.3 is 9.88 Å². The highest BCUT2D eigenvalue weighted by Crippen LogP contribution is 2.26. The average molecular weight is 309 g/mol. The van der Waals surface area contributed by atoms with Gasteiger partial charge in [-0.25, -0.2) is 9.37 Å². The zero-order chi connectivity index (χ0) is 16.4. The summed E-state index contributed by atoms with van der Waals surface area (Å²) in [5, 5.41) is 2.90. The maximum Gasteiger partial charge on any atom is 0.257 e. The highest BCUT2D eigenvalue weighted by molar-refractivity contribution is 6.06. The van der Waals surface area contributed by atoms with Crippen molar-refractivity contribution in [1.29, 1.82) is 0 Å². The van der Waals surface area contributed by atoms with Crippen LogP contribution in [0.4, 0.5) is 10.2 Å². The number of nitrogens with one attached hydrogen (secondary N) is 1. The van der Waals surface area contributed by atoms with Crippen LogP contribution in [0.1, 0.15) is 15.9 Å². The second-order valence-electron chi connectivity index (χ2n) is 5.33. The molecule has 3 rings (SSSR count). The van der Waals surface area contributed by atoms with E-state index in [9.17, 15) is 9.18 Å². The molecule has 1 N–H and O–H groups in total. The van der Waals surface area contributed by atoms with Gasteiger partial charge in [-0.3, -0.25) is 4.79 Å². The van der Waals surface area contributed by atoms with E-state index in [-0.39, 0.29) is 11.7 Å². The molecule has 1 heterocycles. The largest absolute Gasteiger partial charge is 0.320 e. The number of imidazole rings is 1. The normalized spacial score (nSPS) is 10.6. The van der Waals surface area contributed by atoms with Crippen molar-refractivity contribution in [3.63, 3.8) is 0 Å². The number of carbonyl (C=O) groups is 1. The van der Waals surface area contributed by atoms with E-state index < -0.39 is 0 Å². The summed E-state index contributed by atoms with van der Waals surface area (Å²) in [5.41, 5.74) is 2.86. The highest BCUT2D eigenvalue weighted by Gasteiger charge is 2.16. The van der Waals surface area contributed by atoms with Crippen LogP contribution in [0, 0.1) is 12.7 Å². The Morgan fingerprint density at radius 1 is 1.13 bits per heavy atom. The Morgan fingerprint density at radius 2 is 1.83 bits per heavy atom. The number of nitrogens with zero attached hydrogens (tertiary/aromatic N) is 2. The Balaban J connectivity index is 1.95. The number of carbonyl (C=O) groups excluding carboxylic acids is 1. The molecule has 0 fully saturated rings.